The zero-order valence-corrected chi connectivity index (χ0v) is 18.2. The average molecular weight is 432 g/mol. The van der Waals surface area contributed by atoms with Gasteiger partial charge in [-0.3, -0.25) is 0 Å². The van der Waals surface area contributed by atoms with Crippen molar-refractivity contribution in [2.75, 3.05) is 19.7 Å². The maximum atomic E-state index is 10.2. The number of ether oxygens (including phenoxy) is 1. The Kier molecular flexibility index (Phi) is 8.71. The van der Waals surface area contributed by atoms with Gasteiger partial charge in [-0.2, -0.15) is 0 Å². The number of hydrogen-bond donors (Lipinski definition) is 2. The van der Waals surface area contributed by atoms with Crippen LogP contribution in [0.3, 0.4) is 0 Å². The van der Waals surface area contributed by atoms with Gasteiger partial charge in [0.15, 0.2) is 0 Å². The molecule has 1 atom stereocenters. The molecule has 27 heavy (non-hydrogen) atoms. The van der Waals surface area contributed by atoms with Crippen LogP contribution >= 0.6 is 34.8 Å². The minimum Gasteiger partial charge on any atom is -0.490 e. The van der Waals surface area contributed by atoms with Crippen molar-refractivity contribution in [2.24, 2.45) is 0 Å². The maximum absolute atomic E-state index is 10.2. The zero-order valence-electron chi connectivity index (χ0n) is 15.9. The lowest BCUT2D eigenvalue weighted by atomic mass is 10.0. The minimum atomic E-state index is -0.554. The fourth-order valence-corrected chi connectivity index (χ4v) is 3.47. The fraction of sp³-hybridized carbons (Fsp3) is 0.429. The molecular formula is C21H27Cl3NO2+. The van der Waals surface area contributed by atoms with Crippen LogP contribution in [0, 0.1) is 6.92 Å². The Morgan fingerprint density at radius 3 is 2.48 bits per heavy atom. The molecule has 0 aromatic heterocycles. The summed E-state index contributed by atoms with van der Waals surface area (Å²) in [6, 6.07) is 9.42. The molecule has 3 nitrogen and oxygen atoms in total. The van der Waals surface area contributed by atoms with E-state index < -0.39 is 6.10 Å². The molecule has 2 aromatic carbocycles. The van der Waals surface area contributed by atoms with E-state index in [0.29, 0.717) is 22.5 Å². The third kappa shape index (κ3) is 6.85. The highest BCUT2D eigenvalue weighted by molar-refractivity contribution is 6.35. The summed E-state index contributed by atoms with van der Waals surface area (Å²) < 4.78 is 5.88. The Labute approximate surface area is 176 Å². The summed E-state index contributed by atoms with van der Waals surface area (Å²) in [5.74, 6) is 1.09. The van der Waals surface area contributed by atoms with E-state index in [4.69, 9.17) is 39.5 Å². The van der Waals surface area contributed by atoms with Gasteiger partial charge in [0.1, 0.15) is 25.0 Å². The Bertz CT molecular complexity index is 765. The minimum absolute atomic E-state index is 0.249. The van der Waals surface area contributed by atoms with E-state index in [2.05, 4.69) is 19.2 Å². The van der Waals surface area contributed by atoms with Crippen LogP contribution in [-0.4, -0.2) is 30.9 Å². The van der Waals surface area contributed by atoms with Crippen molar-refractivity contribution < 1.29 is 15.2 Å². The Hall–Kier alpha value is -0.970. The number of hydrogen-bond acceptors (Lipinski definition) is 2. The normalized spacial score (nSPS) is 12.4. The highest BCUT2D eigenvalue weighted by Gasteiger charge is 2.14. The molecule has 0 bridgehead atoms. The van der Waals surface area contributed by atoms with E-state index in [1.807, 2.05) is 31.2 Å². The molecular weight excluding hydrogens is 405 g/mol. The molecule has 0 spiro atoms. The van der Waals surface area contributed by atoms with E-state index in [-0.39, 0.29) is 6.61 Å². The van der Waals surface area contributed by atoms with Gasteiger partial charge in [0, 0.05) is 21.5 Å². The summed E-state index contributed by atoms with van der Waals surface area (Å²) >= 11 is 18.3. The number of rotatable bonds is 9. The molecule has 0 aliphatic rings. The van der Waals surface area contributed by atoms with Gasteiger partial charge in [0.25, 0.3) is 0 Å². The number of quaternary nitrogens is 1. The van der Waals surface area contributed by atoms with Crippen molar-refractivity contribution >= 4 is 34.8 Å². The van der Waals surface area contributed by atoms with Gasteiger partial charge in [-0.15, -0.1) is 0 Å². The van der Waals surface area contributed by atoms with Crippen molar-refractivity contribution in [1.29, 1.82) is 0 Å². The largest absolute Gasteiger partial charge is 0.490 e. The molecule has 3 N–H and O–H groups in total. The molecule has 0 saturated carbocycles. The summed E-state index contributed by atoms with van der Waals surface area (Å²) in [6.45, 7) is 7.79. The van der Waals surface area contributed by atoms with Crippen LogP contribution in [0.15, 0.2) is 30.3 Å². The molecule has 0 amide bonds. The predicted molar refractivity (Wildman–Crippen MR) is 114 cm³/mol. The molecule has 0 aliphatic heterocycles. The Balaban J connectivity index is 1.79. The number of nitrogens with two attached hydrogens (primary N) is 1. The predicted octanol–water partition coefficient (Wildman–Crippen LogP) is 4.62. The molecule has 2 rings (SSSR count). The van der Waals surface area contributed by atoms with Gasteiger partial charge >= 0.3 is 0 Å². The van der Waals surface area contributed by atoms with Gasteiger partial charge < -0.3 is 15.2 Å². The van der Waals surface area contributed by atoms with E-state index in [1.54, 1.807) is 6.07 Å². The third-order valence-corrected chi connectivity index (χ3v) is 5.41. The first-order valence-electron chi connectivity index (χ1n) is 9.14. The lowest BCUT2D eigenvalue weighted by Gasteiger charge is -2.17. The summed E-state index contributed by atoms with van der Waals surface area (Å²) in [6.07, 6.45) is 0.263. The monoisotopic (exact) mass is 430 g/mol. The van der Waals surface area contributed by atoms with Gasteiger partial charge in [0.2, 0.25) is 0 Å². The molecule has 0 heterocycles. The van der Waals surface area contributed by atoms with E-state index in [1.165, 1.54) is 0 Å². The zero-order chi connectivity index (χ0) is 20.0. The standard InChI is InChI=1S/C21H26Cl3NO2/c1-13(2)18-10-19(23)14(3)8-21(18)27-12-17(26)11-25-7-6-15-4-5-16(22)9-20(15)24/h4-5,8-10,13,17,25-26H,6-7,11-12H2,1-3H3/p+1/t17-/m1/s1. The highest BCUT2D eigenvalue weighted by atomic mass is 35.5. The van der Waals surface area contributed by atoms with E-state index in [9.17, 15) is 5.11 Å². The lowest BCUT2D eigenvalue weighted by molar-refractivity contribution is -0.660. The van der Waals surface area contributed by atoms with Crippen LogP contribution in [0.2, 0.25) is 15.1 Å². The van der Waals surface area contributed by atoms with Crippen molar-refractivity contribution in [3.05, 3.63) is 62.1 Å². The molecule has 0 unspecified atom stereocenters. The first-order chi connectivity index (χ1) is 12.8. The summed E-state index contributed by atoms with van der Waals surface area (Å²) in [7, 11) is 0. The third-order valence-electron chi connectivity index (χ3n) is 4.42. The second-order valence-electron chi connectivity index (χ2n) is 7.06. The van der Waals surface area contributed by atoms with Crippen LogP contribution in [0.1, 0.15) is 36.5 Å². The van der Waals surface area contributed by atoms with Crippen LogP contribution in [0.4, 0.5) is 0 Å². The van der Waals surface area contributed by atoms with E-state index in [0.717, 1.165) is 40.4 Å². The molecule has 148 valence electrons. The molecule has 0 fully saturated rings. The summed E-state index contributed by atoms with van der Waals surface area (Å²) in [5.41, 5.74) is 3.08. The molecule has 0 saturated heterocycles. The van der Waals surface area contributed by atoms with Crippen LogP contribution in [0.5, 0.6) is 5.75 Å². The highest BCUT2D eigenvalue weighted by Crippen LogP contribution is 2.32. The topological polar surface area (TPSA) is 46.1 Å². The lowest BCUT2D eigenvalue weighted by Crippen LogP contribution is -2.87. The first-order valence-corrected chi connectivity index (χ1v) is 10.3. The number of aliphatic hydroxyl groups is 1. The number of aliphatic hydroxyl groups excluding tert-OH is 1. The van der Waals surface area contributed by atoms with Gasteiger partial charge in [-0.1, -0.05) is 54.7 Å². The molecule has 2 aromatic rings. The fourth-order valence-electron chi connectivity index (χ4n) is 2.79. The maximum Gasteiger partial charge on any atom is 0.137 e. The molecule has 6 heteroatoms. The Morgan fingerprint density at radius 1 is 1.07 bits per heavy atom. The Morgan fingerprint density at radius 2 is 1.81 bits per heavy atom. The van der Waals surface area contributed by atoms with Crippen LogP contribution < -0.4 is 10.1 Å². The van der Waals surface area contributed by atoms with Gasteiger partial charge in [-0.05, 0) is 53.8 Å². The molecule has 0 radical (unpaired) electrons. The number of benzene rings is 2. The average Bonchev–Trinajstić information content (AvgIpc) is 2.60. The number of aryl methyl sites for hydroxylation is 1. The second kappa shape index (κ2) is 10.5. The van der Waals surface area contributed by atoms with Gasteiger partial charge in [-0.25, -0.2) is 0 Å². The van der Waals surface area contributed by atoms with Crippen molar-refractivity contribution in [3.63, 3.8) is 0 Å². The smallest absolute Gasteiger partial charge is 0.137 e. The first kappa shape index (κ1) is 22.3. The van der Waals surface area contributed by atoms with Crippen molar-refractivity contribution in [3.8, 4) is 5.75 Å². The quantitative estimate of drug-likeness (QED) is 0.569. The van der Waals surface area contributed by atoms with Crippen LogP contribution in [0.25, 0.3) is 0 Å². The van der Waals surface area contributed by atoms with E-state index >= 15 is 0 Å². The van der Waals surface area contributed by atoms with Crippen molar-refractivity contribution in [2.45, 2.75) is 39.2 Å². The van der Waals surface area contributed by atoms with Crippen LogP contribution in [-0.2, 0) is 6.42 Å². The van der Waals surface area contributed by atoms with Crippen molar-refractivity contribution in [1.82, 2.24) is 0 Å². The second-order valence-corrected chi connectivity index (χ2v) is 8.31. The molecule has 0 aliphatic carbocycles. The SMILES string of the molecule is Cc1cc(OC[C@H](O)C[NH2+]CCc2ccc(Cl)cc2Cl)c(C(C)C)cc1Cl. The van der Waals surface area contributed by atoms with Gasteiger partial charge in [0.05, 0.1) is 6.54 Å². The summed E-state index contributed by atoms with van der Waals surface area (Å²) in [5, 5.41) is 14.3. The number of halogens is 3. The summed E-state index contributed by atoms with van der Waals surface area (Å²) in [4.78, 5) is 0.